The fourth-order valence-corrected chi connectivity index (χ4v) is 3.45. The number of nitrogens with zero attached hydrogens (tertiary/aromatic N) is 1. The topological polar surface area (TPSA) is 53.6 Å². The minimum absolute atomic E-state index is 0.0440. The third-order valence-electron chi connectivity index (χ3n) is 4.96. The lowest BCUT2D eigenvalue weighted by Crippen LogP contribution is -2.34. The minimum atomic E-state index is -0.530. The van der Waals surface area contributed by atoms with Crippen molar-refractivity contribution in [3.8, 4) is 5.75 Å². The van der Waals surface area contributed by atoms with Crippen LogP contribution in [0.1, 0.15) is 30.9 Å². The summed E-state index contributed by atoms with van der Waals surface area (Å²) < 4.78 is 31.9. The maximum absolute atomic E-state index is 13.4. The third-order valence-corrected chi connectivity index (χ3v) is 5.25. The molecule has 0 aliphatic carbocycles. The number of carbonyl (C=O) groups is 1. The third kappa shape index (κ3) is 6.13. The second-order valence-electron chi connectivity index (χ2n) is 7.15. The highest BCUT2D eigenvalue weighted by atomic mass is 35.5. The number of likely N-dealkylation sites (N-methyl/N-ethyl adjacent to an activating group) is 1. The van der Waals surface area contributed by atoms with E-state index in [0.29, 0.717) is 12.3 Å². The highest BCUT2D eigenvalue weighted by Gasteiger charge is 2.25. The van der Waals surface area contributed by atoms with Gasteiger partial charge in [-0.15, -0.1) is 0 Å². The first kappa shape index (κ1) is 21.5. The van der Waals surface area contributed by atoms with Crippen molar-refractivity contribution < 1.29 is 18.3 Å². The zero-order valence-corrected chi connectivity index (χ0v) is 16.9. The van der Waals surface area contributed by atoms with E-state index in [1.807, 2.05) is 6.07 Å². The second-order valence-corrected chi connectivity index (χ2v) is 7.56. The molecule has 2 aromatic carbocycles. The molecule has 1 aliphatic heterocycles. The predicted molar refractivity (Wildman–Crippen MR) is 108 cm³/mol. The van der Waals surface area contributed by atoms with Crippen LogP contribution in [-0.2, 0) is 4.79 Å². The normalized spacial score (nSPS) is 18.6. The van der Waals surface area contributed by atoms with Crippen molar-refractivity contribution in [1.82, 2.24) is 15.8 Å². The van der Waals surface area contributed by atoms with Gasteiger partial charge < -0.3 is 9.64 Å². The van der Waals surface area contributed by atoms with Crippen molar-refractivity contribution in [3.05, 3.63) is 64.7 Å². The van der Waals surface area contributed by atoms with Crippen molar-refractivity contribution in [3.63, 3.8) is 0 Å². The van der Waals surface area contributed by atoms with E-state index < -0.39 is 5.82 Å². The smallest absolute Gasteiger partial charge is 0.260 e. The fourth-order valence-electron chi connectivity index (χ4n) is 3.28. The fraction of sp³-hybridized carbons (Fsp3) is 0.381. The molecule has 0 radical (unpaired) electrons. The van der Waals surface area contributed by atoms with E-state index in [-0.39, 0.29) is 35.4 Å². The molecule has 1 heterocycles. The molecule has 0 saturated carbocycles. The number of hydrogen-bond acceptors (Lipinski definition) is 4. The molecule has 2 N–H and O–H groups in total. The van der Waals surface area contributed by atoms with E-state index >= 15 is 0 Å². The number of carbonyl (C=O) groups excluding carboxylic acids is 1. The van der Waals surface area contributed by atoms with Crippen LogP contribution in [0.25, 0.3) is 0 Å². The van der Waals surface area contributed by atoms with Crippen LogP contribution in [0.2, 0.25) is 5.02 Å². The first-order valence-corrected chi connectivity index (χ1v) is 9.88. The van der Waals surface area contributed by atoms with Crippen LogP contribution in [0.15, 0.2) is 42.5 Å². The van der Waals surface area contributed by atoms with Gasteiger partial charge in [0.2, 0.25) is 0 Å². The Hall–Kier alpha value is -2.22. The summed E-state index contributed by atoms with van der Waals surface area (Å²) in [6.07, 6.45) is 2.56. The summed E-state index contributed by atoms with van der Waals surface area (Å²) in [5, 5.41) is -0.0440. The quantitative estimate of drug-likeness (QED) is 0.677. The zero-order chi connectivity index (χ0) is 20.8. The Bertz CT molecular complexity index is 852. The number of nitrogens with one attached hydrogen (secondary N) is 2. The Balaban J connectivity index is 1.36. The molecule has 2 unspecified atom stereocenters. The number of amides is 1. The van der Waals surface area contributed by atoms with E-state index in [2.05, 4.69) is 10.9 Å². The van der Waals surface area contributed by atoms with E-state index in [1.165, 1.54) is 24.3 Å². The van der Waals surface area contributed by atoms with Gasteiger partial charge in [0, 0.05) is 31.7 Å². The predicted octanol–water partition coefficient (Wildman–Crippen LogP) is 3.84. The minimum Gasteiger partial charge on any atom is -0.484 e. The largest absolute Gasteiger partial charge is 0.484 e. The molecule has 3 rings (SSSR count). The summed E-state index contributed by atoms with van der Waals surface area (Å²) in [5.41, 5.74) is 7.37. The van der Waals surface area contributed by atoms with Crippen LogP contribution >= 0.6 is 11.6 Å². The van der Waals surface area contributed by atoms with Crippen molar-refractivity contribution in [1.29, 1.82) is 0 Å². The van der Waals surface area contributed by atoms with Crippen molar-refractivity contribution in [2.45, 2.75) is 31.3 Å². The van der Waals surface area contributed by atoms with E-state index in [4.69, 9.17) is 16.3 Å². The molecule has 0 spiro atoms. The standard InChI is InChI=1S/C21H24ClF2N3O2/c1-27(21(28)13-29-17-7-8-19(24)18(22)12-17)9-3-6-16-11-20(26-25-16)14-4-2-5-15(23)10-14/h2,4-5,7-8,10,12,16,20,25-26H,3,6,9,11,13H2,1H3. The Morgan fingerprint density at radius 3 is 2.83 bits per heavy atom. The molecule has 0 aromatic heterocycles. The lowest BCUT2D eigenvalue weighted by Gasteiger charge is -2.18. The van der Waals surface area contributed by atoms with Crippen molar-refractivity contribution in [2.75, 3.05) is 20.2 Å². The monoisotopic (exact) mass is 423 g/mol. The number of benzene rings is 2. The molecule has 0 bridgehead atoms. The van der Waals surface area contributed by atoms with Crippen LogP contribution in [0, 0.1) is 11.6 Å². The average Bonchev–Trinajstić information content (AvgIpc) is 3.17. The van der Waals surface area contributed by atoms with Crippen LogP contribution < -0.4 is 15.6 Å². The SMILES string of the molecule is CN(CCCC1CC(c2cccc(F)c2)NN1)C(=O)COc1ccc(F)c(Cl)c1. The Morgan fingerprint density at radius 1 is 1.24 bits per heavy atom. The molecule has 8 heteroatoms. The molecule has 156 valence electrons. The average molecular weight is 424 g/mol. The van der Waals surface area contributed by atoms with Crippen molar-refractivity contribution >= 4 is 17.5 Å². The van der Waals surface area contributed by atoms with E-state index in [0.717, 1.165) is 24.8 Å². The molecule has 1 aliphatic rings. The molecule has 1 amide bonds. The molecule has 1 fully saturated rings. The Kier molecular flexibility index (Phi) is 7.41. The molecule has 29 heavy (non-hydrogen) atoms. The van der Waals surface area contributed by atoms with Gasteiger partial charge in [0.15, 0.2) is 6.61 Å². The Morgan fingerprint density at radius 2 is 2.07 bits per heavy atom. The summed E-state index contributed by atoms with van der Waals surface area (Å²) in [7, 11) is 1.72. The number of hydrazine groups is 1. The molecular formula is C21H24ClF2N3O2. The molecule has 5 nitrogen and oxygen atoms in total. The maximum atomic E-state index is 13.4. The van der Waals surface area contributed by atoms with E-state index in [9.17, 15) is 13.6 Å². The highest BCUT2D eigenvalue weighted by Crippen LogP contribution is 2.24. The molecular weight excluding hydrogens is 400 g/mol. The number of hydrogen-bond donors (Lipinski definition) is 2. The zero-order valence-electron chi connectivity index (χ0n) is 16.1. The van der Waals surface area contributed by atoms with Crippen LogP contribution in [0.4, 0.5) is 8.78 Å². The summed E-state index contributed by atoms with van der Waals surface area (Å²) in [6.45, 7) is 0.457. The Labute approximate surface area is 174 Å². The van der Waals surface area contributed by atoms with Gasteiger partial charge in [-0.1, -0.05) is 23.7 Å². The molecule has 2 atom stereocenters. The first-order chi connectivity index (χ1) is 13.9. The van der Waals surface area contributed by atoms with Gasteiger partial charge in [-0.25, -0.2) is 8.78 Å². The first-order valence-electron chi connectivity index (χ1n) is 9.50. The van der Waals surface area contributed by atoms with Crippen molar-refractivity contribution in [2.24, 2.45) is 0 Å². The van der Waals surface area contributed by atoms with Gasteiger partial charge in [-0.3, -0.25) is 15.6 Å². The van der Waals surface area contributed by atoms with Crippen LogP contribution in [-0.4, -0.2) is 37.0 Å². The lowest BCUT2D eigenvalue weighted by atomic mass is 9.99. The van der Waals surface area contributed by atoms with Gasteiger partial charge >= 0.3 is 0 Å². The number of halogens is 3. The molecule has 1 saturated heterocycles. The van der Waals surface area contributed by atoms with Gasteiger partial charge in [0.1, 0.15) is 17.4 Å². The summed E-state index contributed by atoms with van der Waals surface area (Å²) >= 11 is 5.70. The summed E-state index contributed by atoms with van der Waals surface area (Å²) in [4.78, 5) is 13.8. The maximum Gasteiger partial charge on any atom is 0.260 e. The van der Waals surface area contributed by atoms with Crippen LogP contribution in [0.5, 0.6) is 5.75 Å². The van der Waals surface area contributed by atoms with Gasteiger partial charge in [0.05, 0.1) is 5.02 Å². The number of rotatable bonds is 8. The highest BCUT2D eigenvalue weighted by molar-refractivity contribution is 6.30. The van der Waals surface area contributed by atoms with Gasteiger partial charge in [-0.2, -0.15) is 0 Å². The van der Waals surface area contributed by atoms with Gasteiger partial charge in [-0.05, 0) is 49.1 Å². The number of ether oxygens (including phenoxy) is 1. The molecule has 2 aromatic rings. The van der Waals surface area contributed by atoms with Crippen LogP contribution in [0.3, 0.4) is 0 Å². The summed E-state index contributed by atoms with van der Waals surface area (Å²) in [6, 6.07) is 10.9. The lowest BCUT2D eigenvalue weighted by molar-refractivity contribution is -0.132. The second kappa shape index (κ2) is 10.0. The van der Waals surface area contributed by atoms with E-state index in [1.54, 1.807) is 24.1 Å². The summed E-state index contributed by atoms with van der Waals surface area (Å²) in [5.74, 6) is -0.585. The van der Waals surface area contributed by atoms with Gasteiger partial charge in [0.25, 0.3) is 5.91 Å².